The molecule has 0 spiro atoms. The topological polar surface area (TPSA) is 26.0 Å². The molecule has 0 amide bonds. The summed E-state index contributed by atoms with van der Waals surface area (Å²) < 4.78 is 12.8. The summed E-state index contributed by atoms with van der Waals surface area (Å²) in [5.41, 5.74) is 5.88. The number of nitrogens with two attached hydrogens (primary N) is 1. The zero-order chi connectivity index (χ0) is 7.56. The molecule has 0 aliphatic carbocycles. The Morgan fingerprint density at radius 1 is 1.50 bits per heavy atom. The molecule has 0 saturated heterocycles. The van der Waals surface area contributed by atoms with E-state index in [4.69, 9.17) is 5.73 Å². The van der Waals surface area contributed by atoms with E-state index in [2.05, 4.69) is 6.58 Å². The van der Waals surface area contributed by atoms with Gasteiger partial charge in [-0.25, -0.2) is 4.39 Å². The van der Waals surface area contributed by atoms with E-state index in [1.165, 1.54) is 12.1 Å². The second kappa shape index (κ2) is 2.52. The largest absolute Gasteiger partial charge is 0.396 e. The van der Waals surface area contributed by atoms with Crippen LogP contribution < -0.4 is 5.73 Å². The summed E-state index contributed by atoms with van der Waals surface area (Å²) >= 11 is 0. The molecule has 0 heterocycles. The maximum Gasteiger partial charge on any atom is 0.153 e. The second-order valence-corrected chi connectivity index (χ2v) is 1.95. The smallest absolute Gasteiger partial charge is 0.153 e. The number of hydrogen-bond donors (Lipinski definition) is 1. The maximum atomic E-state index is 12.8. The van der Waals surface area contributed by atoms with E-state index in [1.54, 1.807) is 12.1 Å². The van der Waals surface area contributed by atoms with E-state index in [1.807, 2.05) is 0 Å². The number of nitrogen functional groups attached to an aromatic ring is 1. The molecule has 2 N–H and O–H groups in total. The van der Waals surface area contributed by atoms with E-state index in [0.717, 1.165) is 0 Å². The van der Waals surface area contributed by atoms with Crippen molar-refractivity contribution in [3.63, 3.8) is 0 Å². The summed E-state index contributed by atoms with van der Waals surface area (Å²) in [6, 6.07) is 4.83. The molecular formula is C8H8FN. The van der Waals surface area contributed by atoms with Gasteiger partial charge in [-0.15, -0.1) is 0 Å². The van der Waals surface area contributed by atoms with Crippen molar-refractivity contribution < 1.29 is 4.39 Å². The van der Waals surface area contributed by atoms with Crippen molar-refractivity contribution in [1.82, 2.24) is 0 Å². The lowest BCUT2D eigenvalue weighted by atomic mass is 10.2. The van der Waals surface area contributed by atoms with E-state index in [0.29, 0.717) is 5.56 Å². The highest BCUT2D eigenvalue weighted by Crippen LogP contribution is 2.14. The van der Waals surface area contributed by atoms with Gasteiger partial charge in [0, 0.05) is 5.56 Å². The molecule has 0 radical (unpaired) electrons. The van der Waals surface area contributed by atoms with Gasteiger partial charge in [-0.1, -0.05) is 24.8 Å². The van der Waals surface area contributed by atoms with Crippen molar-refractivity contribution in [3.8, 4) is 0 Å². The molecule has 0 saturated carbocycles. The van der Waals surface area contributed by atoms with E-state index in [-0.39, 0.29) is 5.69 Å². The van der Waals surface area contributed by atoms with Crippen molar-refractivity contribution in [2.45, 2.75) is 0 Å². The highest BCUT2D eigenvalue weighted by atomic mass is 19.1. The van der Waals surface area contributed by atoms with Gasteiger partial charge in [-0.05, 0) is 6.07 Å². The Morgan fingerprint density at radius 2 is 2.20 bits per heavy atom. The Balaban J connectivity index is 3.27. The molecule has 10 heavy (non-hydrogen) atoms. The van der Waals surface area contributed by atoms with Crippen LogP contribution in [0.4, 0.5) is 10.1 Å². The lowest BCUT2D eigenvalue weighted by molar-refractivity contribution is 0.630. The van der Waals surface area contributed by atoms with Crippen molar-refractivity contribution >= 4 is 11.8 Å². The van der Waals surface area contributed by atoms with E-state index in [9.17, 15) is 4.39 Å². The lowest BCUT2D eigenvalue weighted by Crippen LogP contribution is -1.91. The molecule has 2 heteroatoms. The molecule has 0 aliphatic rings. The Morgan fingerprint density at radius 3 is 2.70 bits per heavy atom. The molecule has 1 aromatic rings. The first kappa shape index (κ1) is 6.81. The Labute approximate surface area is 59.0 Å². The number of hydrogen-bond acceptors (Lipinski definition) is 1. The fraction of sp³-hybridized carbons (Fsp3) is 0. The highest BCUT2D eigenvalue weighted by molar-refractivity contribution is 5.55. The third kappa shape index (κ3) is 1.00. The van der Waals surface area contributed by atoms with Crippen LogP contribution >= 0.6 is 0 Å². The van der Waals surface area contributed by atoms with E-state index >= 15 is 0 Å². The van der Waals surface area contributed by atoms with Crippen LogP contribution in [0.2, 0.25) is 0 Å². The van der Waals surface area contributed by atoms with Gasteiger partial charge in [0.2, 0.25) is 0 Å². The zero-order valence-electron chi connectivity index (χ0n) is 5.47. The number of halogens is 1. The van der Waals surface area contributed by atoms with Crippen LogP contribution in [0.1, 0.15) is 5.56 Å². The predicted molar refractivity (Wildman–Crippen MR) is 40.9 cm³/mol. The summed E-state index contributed by atoms with van der Waals surface area (Å²) in [5.74, 6) is -0.391. The average molecular weight is 137 g/mol. The van der Waals surface area contributed by atoms with Gasteiger partial charge >= 0.3 is 0 Å². The molecule has 0 bridgehead atoms. The van der Waals surface area contributed by atoms with Gasteiger partial charge in [-0.2, -0.15) is 0 Å². The molecule has 0 aliphatic heterocycles. The number of anilines is 1. The van der Waals surface area contributed by atoms with Crippen LogP contribution in [0.25, 0.3) is 6.08 Å². The highest BCUT2D eigenvalue weighted by Gasteiger charge is 1.99. The Bertz CT molecular complexity index is 255. The normalized spacial score (nSPS) is 9.30. The minimum absolute atomic E-state index is 0.164. The van der Waals surface area contributed by atoms with E-state index < -0.39 is 5.82 Å². The number of rotatable bonds is 1. The standard InChI is InChI=1S/C8H8FN/c1-2-6-4-3-5-7(10)8(6)9/h2-5H,1,10H2. The minimum atomic E-state index is -0.391. The summed E-state index contributed by atoms with van der Waals surface area (Å²) in [4.78, 5) is 0. The fourth-order valence-corrected chi connectivity index (χ4v) is 0.726. The molecule has 52 valence electrons. The zero-order valence-corrected chi connectivity index (χ0v) is 5.47. The molecule has 1 nitrogen and oxygen atoms in total. The summed E-state index contributed by atoms with van der Waals surface area (Å²) in [5, 5.41) is 0. The summed E-state index contributed by atoms with van der Waals surface area (Å²) in [6.07, 6.45) is 1.44. The van der Waals surface area contributed by atoms with Crippen LogP contribution in [0, 0.1) is 5.82 Å². The van der Waals surface area contributed by atoms with Gasteiger partial charge in [0.25, 0.3) is 0 Å². The predicted octanol–water partition coefficient (Wildman–Crippen LogP) is 2.05. The van der Waals surface area contributed by atoms with Gasteiger partial charge in [0.05, 0.1) is 5.69 Å². The SMILES string of the molecule is C=Cc1cccc(N)c1F. The fourth-order valence-electron chi connectivity index (χ4n) is 0.726. The van der Waals surface area contributed by atoms with Crippen molar-refractivity contribution in [2.24, 2.45) is 0 Å². The van der Waals surface area contributed by atoms with Crippen LogP contribution in [0.3, 0.4) is 0 Å². The van der Waals surface area contributed by atoms with Crippen molar-refractivity contribution in [2.75, 3.05) is 5.73 Å². The first-order chi connectivity index (χ1) is 4.75. The van der Waals surface area contributed by atoms with Gasteiger partial charge < -0.3 is 5.73 Å². The Hall–Kier alpha value is -1.31. The molecule has 0 unspecified atom stereocenters. The molecule has 0 aromatic heterocycles. The molecule has 0 atom stereocenters. The quantitative estimate of drug-likeness (QED) is 0.589. The lowest BCUT2D eigenvalue weighted by Gasteiger charge is -1.97. The average Bonchev–Trinajstić information content (AvgIpc) is 1.95. The molecule has 1 aromatic carbocycles. The summed E-state index contributed by atoms with van der Waals surface area (Å²) in [7, 11) is 0. The molecule has 0 fully saturated rings. The maximum absolute atomic E-state index is 12.8. The number of benzene rings is 1. The third-order valence-corrected chi connectivity index (χ3v) is 1.28. The summed E-state index contributed by atoms with van der Waals surface area (Å²) in [6.45, 7) is 3.44. The van der Waals surface area contributed by atoms with Crippen molar-refractivity contribution in [3.05, 3.63) is 36.2 Å². The first-order valence-corrected chi connectivity index (χ1v) is 2.92. The van der Waals surface area contributed by atoms with Crippen LogP contribution in [0.5, 0.6) is 0 Å². The van der Waals surface area contributed by atoms with Gasteiger partial charge in [0.1, 0.15) is 0 Å². The van der Waals surface area contributed by atoms with Crippen LogP contribution in [-0.2, 0) is 0 Å². The first-order valence-electron chi connectivity index (χ1n) is 2.92. The monoisotopic (exact) mass is 137 g/mol. The van der Waals surface area contributed by atoms with Gasteiger partial charge in [0.15, 0.2) is 5.82 Å². The molecule has 1 rings (SSSR count). The second-order valence-electron chi connectivity index (χ2n) is 1.95. The minimum Gasteiger partial charge on any atom is -0.396 e. The molecular weight excluding hydrogens is 129 g/mol. The van der Waals surface area contributed by atoms with Gasteiger partial charge in [-0.3, -0.25) is 0 Å². The van der Waals surface area contributed by atoms with Crippen LogP contribution in [0.15, 0.2) is 24.8 Å². The van der Waals surface area contributed by atoms with Crippen LogP contribution in [-0.4, -0.2) is 0 Å². The van der Waals surface area contributed by atoms with Crippen molar-refractivity contribution in [1.29, 1.82) is 0 Å². The third-order valence-electron chi connectivity index (χ3n) is 1.28. The Kier molecular flexibility index (Phi) is 1.71.